The Kier molecular flexibility index (Phi) is 3.80. The third-order valence-electron chi connectivity index (χ3n) is 4.32. The average Bonchev–Trinajstić information content (AvgIpc) is 2.81. The maximum Gasteiger partial charge on any atom is 0.408 e. The Hall–Kier alpha value is -2.08. The van der Waals surface area contributed by atoms with Crippen molar-refractivity contribution in [2.24, 2.45) is 5.92 Å². The van der Waals surface area contributed by atoms with E-state index in [4.69, 9.17) is 4.74 Å². The first kappa shape index (κ1) is 15.8. The van der Waals surface area contributed by atoms with Crippen molar-refractivity contribution < 1.29 is 19.4 Å². The lowest BCUT2D eigenvalue weighted by molar-refractivity contribution is -0.127. The molecule has 3 atom stereocenters. The summed E-state index contributed by atoms with van der Waals surface area (Å²) in [6, 6.07) is -0.391. The van der Waals surface area contributed by atoms with Gasteiger partial charge in [0.1, 0.15) is 5.60 Å². The summed E-state index contributed by atoms with van der Waals surface area (Å²) in [5.41, 5.74) is 1.29. The average molecular weight is 318 g/mol. The van der Waals surface area contributed by atoms with Crippen molar-refractivity contribution in [1.82, 2.24) is 10.2 Å². The summed E-state index contributed by atoms with van der Waals surface area (Å²) in [4.78, 5) is 25.9. The Bertz CT molecular complexity index is 627. The fourth-order valence-corrected chi connectivity index (χ4v) is 3.41. The van der Waals surface area contributed by atoms with Crippen molar-refractivity contribution in [3.63, 3.8) is 0 Å². The fourth-order valence-electron chi connectivity index (χ4n) is 3.41. The number of allylic oxidation sites excluding steroid dienone is 2. The topological polar surface area (TPSA) is 78.9 Å². The number of amides is 2. The van der Waals surface area contributed by atoms with E-state index in [2.05, 4.69) is 5.32 Å². The number of aliphatic hydroxyl groups excluding tert-OH is 1. The Balaban J connectivity index is 1.83. The Morgan fingerprint density at radius 3 is 2.83 bits per heavy atom. The van der Waals surface area contributed by atoms with Gasteiger partial charge in [0.15, 0.2) is 0 Å². The van der Waals surface area contributed by atoms with Gasteiger partial charge < -0.3 is 20.1 Å². The highest BCUT2D eigenvalue weighted by Crippen LogP contribution is 2.39. The zero-order valence-corrected chi connectivity index (χ0v) is 13.6. The minimum Gasteiger partial charge on any atom is -0.444 e. The van der Waals surface area contributed by atoms with Gasteiger partial charge in [0.2, 0.25) is 5.91 Å². The second kappa shape index (κ2) is 5.53. The second-order valence-electron chi connectivity index (χ2n) is 7.09. The number of alkyl carbamates (subject to hydrolysis) is 1. The van der Waals surface area contributed by atoms with E-state index in [0.717, 1.165) is 11.1 Å². The van der Waals surface area contributed by atoms with Gasteiger partial charge in [-0.25, -0.2) is 4.79 Å². The van der Waals surface area contributed by atoms with Gasteiger partial charge in [-0.1, -0.05) is 18.2 Å². The van der Waals surface area contributed by atoms with E-state index in [9.17, 15) is 14.7 Å². The van der Waals surface area contributed by atoms with Crippen molar-refractivity contribution in [2.75, 3.05) is 13.2 Å². The lowest BCUT2D eigenvalue weighted by Gasteiger charge is -2.36. The van der Waals surface area contributed by atoms with E-state index in [1.807, 2.05) is 39.0 Å². The van der Waals surface area contributed by atoms with Crippen LogP contribution in [0.3, 0.4) is 0 Å². The standard InChI is InChI=1S/C17H22N2O4/c1-17(2,3)23-16(22)18-13-8-19-14(21)7-6-11-10(9-20)4-5-12(13)15(11)19/h4-7,11,13,15,20H,8-9H2,1-3H3,(H,18,22)/t11?,13?,15-/m1/s1. The molecular weight excluding hydrogens is 296 g/mol. The van der Waals surface area contributed by atoms with Crippen molar-refractivity contribution in [3.05, 3.63) is 35.5 Å². The number of hydrogen-bond acceptors (Lipinski definition) is 4. The largest absolute Gasteiger partial charge is 0.444 e. The van der Waals surface area contributed by atoms with Crippen molar-refractivity contribution in [1.29, 1.82) is 0 Å². The van der Waals surface area contributed by atoms with E-state index < -0.39 is 11.7 Å². The Labute approximate surface area is 135 Å². The van der Waals surface area contributed by atoms with Gasteiger partial charge in [0, 0.05) is 12.5 Å². The molecule has 0 aromatic carbocycles. The molecular formula is C17H22N2O4. The van der Waals surface area contributed by atoms with Gasteiger partial charge in [0.05, 0.1) is 18.7 Å². The number of nitrogens with zero attached hydrogens (tertiary/aromatic N) is 1. The normalized spacial score (nSPS) is 29.0. The maximum atomic E-state index is 12.1. The van der Waals surface area contributed by atoms with Crippen molar-refractivity contribution in [2.45, 2.75) is 38.5 Å². The van der Waals surface area contributed by atoms with E-state index in [-0.39, 0.29) is 30.5 Å². The first-order valence-corrected chi connectivity index (χ1v) is 7.80. The fraction of sp³-hybridized carbons (Fsp3) is 0.529. The SMILES string of the molecule is CC(C)(C)OC(=O)NC1CN2C(=O)C=CC3C(CO)=CC=C1[C@@H]32. The number of carbonyl (C=O) groups is 2. The van der Waals surface area contributed by atoms with Gasteiger partial charge >= 0.3 is 6.09 Å². The molecule has 0 spiro atoms. The summed E-state index contributed by atoms with van der Waals surface area (Å²) in [6.45, 7) is 5.81. The molecule has 1 saturated heterocycles. The van der Waals surface area contributed by atoms with Crippen LogP contribution in [0.1, 0.15) is 20.8 Å². The molecule has 0 radical (unpaired) electrons. The second-order valence-corrected chi connectivity index (χ2v) is 7.09. The highest BCUT2D eigenvalue weighted by Gasteiger charge is 2.47. The Morgan fingerprint density at radius 2 is 2.17 bits per heavy atom. The van der Waals surface area contributed by atoms with Crippen LogP contribution in [0.5, 0.6) is 0 Å². The molecule has 6 heteroatoms. The maximum absolute atomic E-state index is 12.1. The van der Waals surface area contributed by atoms with Crippen LogP contribution in [0, 0.1) is 5.92 Å². The smallest absolute Gasteiger partial charge is 0.408 e. The molecule has 2 amide bonds. The van der Waals surface area contributed by atoms with Crippen LogP contribution in [0.25, 0.3) is 0 Å². The summed E-state index contributed by atoms with van der Waals surface area (Å²) in [5.74, 6) is -0.0898. The van der Waals surface area contributed by atoms with Crippen LogP contribution < -0.4 is 5.32 Å². The molecule has 23 heavy (non-hydrogen) atoms. The molecule has 3 aliphatic rings. The van der Waals surface area contributed by atoms with Crippen LogP contribution in [0.2, 0.25) is 0 Å². The molecule has 1 aliphatic carbocycles. The third kappa shape index (κ3) is 2.91. The molecule has 0 saturated carbocycles. The predicted molar refractivity (Wildman–Crippen MR) is 84.5 cm³/mol. The van der Waals surface area contributed by atoms with E-state index in [1.165, 1.54) is 0 Å². The van der Waals surface area contributed by atoms with Crippen LogP contribution in [0.15, 0.2) is 35.5 Å². The van der Waals surface area contributed by atoms with Gasteiger partial charge in [-0.15, -0.1) is 0 Å². The van der Waals surface area contributed by atoms with Crippen LogP contribution in [-0.4, -0.2) is 52.8 Å². The number of nitrogens with one attached hydrogen (secondary N) is 1. The summed E-state index contributed by atoms with van der Waals surface area (Å²) < 4.78 is 5.31. The van der Waals surface area contributed by atoms with Gasteiger partial charge in [-0.2, -0.15) is 0 Å². The number of ether oxygens (including phenoxy) is 1. The first-order chi connectivity index (χ1) is 10.8. The minimum atomic E-state index is -0.569. The minimum absolute atomic E-state index is 0.0249. The first-order valence-electron chi connectivity index (χ1n) is 7.80. The number of aliphatic hydroxyl groups is 1. The monoisotopic (exact) mass is 318 g/mol. The van der Waals surface area contributed by atoms with Crippen LogP contribution in [-0.2, 0) is 9.53 Å². The highest BCUT2D eigenvalue weighted by molar-refractivity contribution is 5.90. The molecule has 2 N–H and O–H groups in total. The van der Waals surface area contributed by atoms with E-state index in [1.54, 1.807) is 11.0 Å². The Morgan fingerprint density at radius 1 is 1.43 bits per heavy atom. The summed E-state index contributed by atoms with van der Waals surface area (Å²) in [7, 11) is 0. The number of carbonyl (C=O) groups excluding carboxylic acids is 2. The van der Waals surface area contributed by atoms with Crippen LogP contribution >= 0.6 is 0 Å². The molecule has 1 fully saturated rings. The molecule has 0 aromatic rings. The molecule has 2 heterocycles. The predicted octanol–water partition coefficient (Wildman–Crippen LogP) is 1.14. The molecule has 3 rings (SSSR count). The molecule has 2 unspecified atom stereocenters. The quantitative estimate of drug-likeness (QED) is 0.800. The van der Waals surface area contributed by atoms with Gasteiger partial charge in [-0.05, 0) is 38.0 Å². The van der Waals surface area contributed by atoms with E-state index in [0.29, 0.717) is 6.54 Å². The molecule has 0 aromatic heterocycles. The van der Waals surface area contributed by atoms with Gasteiger partial charge in [0.25, 0.3) is 0 Å². The van der Waals surface area contributed by atoms with Gasteiger partial charge in [-0.3, -0.25) is 4.79 Å². The van der Waals surface area contributed by atoms with Crippen molar-refractivity contribution >= 4 is 12.0 Å². The lowest BCUT2D eigenvalue weighted by Crippen LogP contribution is -2.44. The zero-order chi connectivity index (χ0) is 16.8. The summed E-state index contributed by atoms with van der Waals surface area (Å²) in [6.07, 6.45) is 6.68. The molecule has 6 nitrogen and oxygen atoms in total. The third-order valence-corrected chi connectivity index (χ3v) is 4.32. The van der Waals surface area contributed by atoms with Crippen molar-refractivity contribution in [3.8, 4) is 0 Å². The number of rotatable bonds is 2. The molecule has 124 valence electrons. The number of hydrogen-bond donors (Lipinski definition) is 2. The highest BCUT2D eigenvalue weighted by atomic mass is 16.6. The summed E-state index contributed by atoms with van der Waals surface area (Å²) in [5, 5.41) is 12.4. The van der Waals surface area contributed by atoms with Crippen LogP contribution in [0.4, 0.5) is 4.79 Å². The zero-order valence-electron chi connectivity index (χ0n) is 13.6. The summed E-state index contributed by atoms with van der Waals surface area (Å²) >= 11 is 0. The molecule has 2 aliphatic heterocycles. The molecule has 0 bridgehead atoms. The van der Waals surface area contributed by atoms with E-state index >= 15 is 0 Å². The lowest BCUT2D eigenvalue weighted by atomic mass is 9.80.